The summed E-state index contributed by atoms with van der Waals surface area (Å²) in [5.74, 6) is -0.131. The first-order chi connectivity index (χ1) is 10.1. The highest BCUT2D eigenvalue weighted by Crippen LogP contribution is 2.13. The van der Waals surface area contributed by atoms with E-state index < -0.39 is 0 Å². The third kappa shape index (κ3) is 4.02. The van der Waals surface area contributed by atoms with Gasteiger partial charge in [0.1, 0.15) is 0 Å². The molecule has 1 amide bonds. The van der Waals surface area contributed by atoms with Gasteiger partial charge in [-0.3, -0.25) is 9.59 Å². The molecule has 108 valence electrons. The van der Waals surface area contributed by atoms with Crippen molar-refractivity contribution in [2.75, 3.05) is 5.32 Å². The maximum Gasteiger partial charge on any atom is 0.255 e. The lowest BCUT2D eigenvalue weighted by Gasteiger charge is -2.06. The highest BCUT2D eigenvalue weighted by atomic mass is 16.1. The molecule has 3 nitrogen and oxygen atoms in total. The molecule has 0 aliphatic carbocycles. The maximum absolute atomic E-state index is 12.1. The monoisotopic (exact) mass is 281 g/mol. The number of hydrogen-bond acceptors (Lipinski definition) is 2. The Bertz CT molecular complexity index is 627. The molecule has 21 heavy (non-hydrogen) atoms. The summed E-state index contributed by atoms with van der Waals surface area (Å²) in [5.41, 5.74) is 3.19. The van der Waals surface area contributed by atoms with Gasteiger partial charge in [-0.05, 0) is 55.3 Å². The number of Topliss-reactive ketones (excluding diaryl/α,β-unsaturated/α-hetero) is 1. The minimum Gasteiger partial charge on any atom is -0.322 e. The van der Waals surface area contributed by atoms with E-state index in [0.717, 1.165) is 12.8 Å². The standard InChI is InChI=1S/C18H19NO2/c1-3-4-14-5-7-16(8-6-14)18(21)19-17-11-9-15(10-12-17)13(2)20/h5-12H,3-4H2,1-2H3,(H,19,21). The highest BCUT2D eigenvalue weighted by molar-refractivity contribution is 6.04. The van der Waals surface area contributed by atoms with Crippen molar-refractivity contribution in [2.24, 2.45) is 0 Å². The molecule has 3 heteroatoms. The van der Waals surface area contributed by atoms with Crippen LogP contribution >= 0.6 is 0 Å². The van der Waals surface area contributed by atoms with Gasteiger partial charge in [0.05, 0.1) is 0 Å². The quantitative estimate of drug-likeness (QED) is 0.839. The van der Waals surface area contributed by atoms with Gasteiger partial charge in [0.2, 0.25) is 0 Å². The topological polar surface area (TPSA) is 46.2 Å². The van der Waals surface area contributed by atoms with Gasteiger partial charge < -0.3 is 5.32 Å². The van der Waals surface area contributed by atoms with E-state index in [-0.39, 0.29) is 11.7 Å². The van der Waals surface area contributed by atoms with Crippen LogP contribution in [0.3, 0.4) is 0 Å². The van der Waals surface area contributed by atoms with Gasteiger partial charge in [-0.2, -0.15) is 0 Å². The van der Waals surface area contributed by atoms with Gasteiger partial charge in [-0.25, -0.2) is 0 Å². The second-order valence-corrected chi connectivity index (χ2v) is 5.03. The average Bonchev–Trinajstić information content (AvgIpc) is 2.49. The van der Waals surface area contributed by atoms with Gasteiger partial charge in [-0.15, -0.1) is 0 Å². The Hall–Kier alpha value is -2.42. The van der Waals surface area contributed by atoms with Crippen molar-refractivity contribution in [1.82, 2.24) is 0 Å². The molecule has 0 saturated heterocycles. The molecule has 0 unspecified atom stereocenters. The third-order valence-electron chi connectivity index (χ3n) is 3.30. The molecule has 2 aromatic carbocycles. The number of anilines is 1. The first kappa shape index (κ1) is 15.0. The van der Waals surface area contributed by atoms with Crippen LogP contribution in [0.15, 0.2) is 48.5 Å². The minimum atomic E-state index is -0.145. The lowest BCUT2D eigenvalue weighted by atomic mass is 10.1. The minimum absolute atomic E-state index is 0.0133. The lowest BCUT2D eigenvalue weighted by molar-refractivity contribution is 0.101. The molecule has 1 N–H and O–H groups in total. The van der Waals surface area contributed by atoms with Crippen molar-refractivity contribution in [3.05, 3.63) is 65.2 Å². The van der Waals surface area contributed by atoms with Crippen molar-refractivity contribution in [2.45, 2.75) is 26.7 Å². The Balaban J connectivity index is 2.05. The largest absolute Gasteiger partial charge is 0.322 e. The Labute approximate surface area is 125 Å². The summed E-state index contributed by atoms with van der Waals surface area (Å²) in [5, 5.41) is 2.83. The second-order valence-electron chi connectivity index (χ2n) is 5.03. The predicted octanol–water partition coefficient (Wildman–Crippen LogP) is 4.09. The van der Waals surface area contributed by atoms with Crippen LogP contribution < -0.4 is 5.32 Å². The smallest absolute Gasteiger partial charge is 0.255 e. The van der Waals surface area contributed by atoms with Crippen molar-refractivity contribution >= 4 is 17.4 Å². The number of ketones is 1. The first-order valence-electron chi connectivity index (χ1n) is 7.11. The van der Waals surface area contributed by atoms with E-state index in [1.807, 2.05) is 24.3 Å². The van der Waals surface area contributed by atoms with Crippen molar-refractivity contribution in [3.8, 4) is 0 Å². The van der Waals surface area contributed by atoms with Gasteiger partial charge in [-0.1, -0.05) is 25.5 Å². The molecule has 0 atom stereocenters. The van der Waals surface area contributed by atoms with Crippen LogP contribution in [0.2, 0.25) is 0 Å². The number of nitrogens with one attached hydrogen (secondary N) is 1. The molecule has 0 aromatic heterocycles. The number of rotatable bonds is 5. The van der Waals surface area contributed by atoms with Crippen LogP contribution in [0.1, 0.15) is 46.5 Å². The normalized spacial score (nSPS) is 10.2. The van der Waals surface area contributed by atoms with E-state index in [9.17, 15) is 9.59 Å². The molecule has 0 spiro atoms. The van der Waals surface area contributed by atoms with Crippen LogP contribution in [-0.2, 0) is 6.42 Å². The Morgan fingerprint density at radius 2 is 1.48 bits per heavy atom. The molecular weight excluding hydrogens is 262 g/mol. The first-order valence-corrected chi connectivity index (χ1v) is 7.11. The van der Waals surface area contributed by atoms with E-state index in [2.05, 4.69) is 12.2 Å². The number of hydrogen-bond donors (Lipinski definition) is 1. The molecule has 0 aliphatic heterocycles. The van der Waals surface area contributed by atoms with Gasteiger partial charge in [0.25, 0.3) is 5.91 Å². The fourth-order valence-electron chi connectivity index (χ4n) is 2.10. The number of carbonyl (C=O) groups is 2. The zero-order valence-electron chi connectivity index (χ0n) is 12.3. The predicted molar refractivity (Wildman–Crippen MR) is 84.8 cm³/mol. The number of carbonyl (C=O) groups excluding carboxylic acids is 2. The Morgan fingerprint density at radius 1 is 0.905 bits per heavy atom. The zero-order chi connectivity index (χ0) is 15.2. The second kappa shape index (κ2) is 6.84. The molecule has 0 saturated carbocycles. The van der Waals surface area contributed by atoms with Crippen LogP contribution in [0.4, 0.5) is 5.69 Å². The van der Waals surface area contributed by atoms with Crippen LogP contribution in [-0.4, -0.2) is 11.7 Å². The molecule has 0 aliphatic rings. The summed E-state index contributed by atoms with van der Waals surface area (Å²) in [6.45, 7) is 3.65. The fourth-order valence-corrected chi connectivity index (χ4v) is 2.10. The van der Waals surface area contributed by atoms with E-state index in [1.165, 1.54) is 12.5 Å². The Morgan fingerprint density at radius 3 is 2.00 bits per heavy atom. The highest BCUT2D eigenvalue weighted by Gasteiger charge is 2.06. The summed E-state index contributed by atoms with van der Waals surface area (Å²) in [6.07, 6.45) is 2.11. The van der Waals surface area contributed by atoms with E-state index >= 15 is 0 Å². The SMILES string of the molecule is CCCc1ccc(C(=O)Nc2ccc(C(C)=O)cc2)cc1. The average molecular weight is 281 g/mol. The third-order valence-corrected chi connectivity index (χ3v) is 3.30. The molecule has 0 radical (unpaired) electrons. The molecule has 2 aromatic rings. The summed E-state index contributed by atoms with van der Waals surface area (Å²) >= 11 is 0. The molecule has 0 bridgehead atoms. The van der Waals surface area contributed by atoms with Crippen LogP contribution in [0, 0.1) is 0 Å². The lowest BCUT2D eigenvalue weighted by Crippen LogP contribution is -2.11. The van der Waals surface area contributed by atoms with Gasteiger partial charge in [0, 0.05) is 16.8 Å². The number of aryl methyl sites for hydroxylation is 1. The van der Waals surface area contributed by atoms with Crippen LogP contribution in [0.5, 0.6) is 0 Å². The summed E-state index contributed by atoms with van der Waals surface area (Å²) in [4.78, 5) is 23.3. The van der Waals surface area contributed by atoms with Crippen LogP contribution in [0.25, 0.3) is 0 Å². The molecule has 0 heterocycles. The fraction of sp³-hybridized carbons (Fsp3) is 0.222. The molecular formula is C18H19NO2. The summed E-state index contributed by atoms with van der Waals surface area (Å²) in [6, 6.07) is 14.5. The van der Waals surface area contributed by atoms with Gasteiger partial charge >= 0.3 is 0 Å². The Kier molecular flexibility index (Phi) is 4.88. The number of benzene rings is 2. The maximum atomic E-state index is 12.1. The zero-order valence-corrected chi connectivity index (χ0v) is 12.3. The van der Waals surface area contributed by atoms with Crippen molar-refractivity contribution < 1.29 is 9.59 Å². The number of amides is 1. The van der Waals surface area contributed by atoms with Gasteiger partial charge in [0.15, 0.2) is 5.78 Å². The molecule has 2 rings (SSSR count). The summed E-state index contributed by atoms with van der Waals surface area (Å²) in [7, 11) is 0. The molecule has 0 fully saturated rings. The van der Waals surface area contributed by atoms with E-state index in [0.29, 0.717) is 16.8 Å². The van der Waals surface area contributed by atoms with Crippen molar-refractivity contribution in [3.63, 3.8) is 0 Å². The summed E-state index contributed by atoms with van der Waals surface area (Å²) < 4.78 is 0. The van der Waals surface area contributed by atoms with Crippen molar-refractivity contribution in [1.29, 1.82) is 0 Å². The van der Waals surface area contributed by atoms with E-state index in [4.69, 9.17) is 0 Å². The van der Waals surface area contributed by atoms with E-state index in [1.54, 1.807) is 24.3 Å².